The van der Waals surface area contributed by atoms with Gasteiger partial charge in [0.05, 0.1) is 11.6 Å². The first kappa shape index (κ1) is 14.9. The van der Waals surface area contributed by atoms with Crippen molar-refractivity contribution >= 4 is 34.6 Å². The van der Waals surface area contributed by atoms with Crippen molar-refractivity contribution in [2.45, 2.75) is 17.9 Å². The lowest BCUT2D eigenvalue weighted by Crippen LogP contribution is -2.25. The van der Waals surface area contributed by atoms with Crippen LogP contribution in [-0.4, -0.2) is 19.1 Å². The van der Waals surface area contributed by atoms with Crippen LogP contribution in [0.4, 0.5) is 5.69 Å². The molecule has 1 heterocycles. The average Bonchev–Trinajstić information content (AvgIpc) is 2.98. The molecule has 0 aliphatic rings. The van der Waals surface area contributed by atoms with Gasteiger partial charge in [0.2, 0.25) is 0 Å². The van der Waals surface area contributed by atoms with E-state index in [4.69, 9.17) is 11.1 Å². The lowest BCUT2D eigenvalue weighted by Gasteiger charge is -2.29. The van der Waals surface area contributed by atoms with E-state index in [0.717, 1.165) is 16.1 Å². The Balaban J connectivity index is 2.44. The largest absolute Gasteiger partial charge is 0.384 e. The first-order valence-electron chi connectivity index (χ1n) is 6.34. The Morgan fingerprint density at radius 3 is 2.65 bits per heavy atom. The van der Waals surface area contributed by atoms with Gasteiger partial charge in [-0.15, -0.1) is 23.1 Å². The number of nitrogens with zero attached hydrogens (tertiary/aromatic N) is 1. The van der Waals surface area contributed by atoms with Gasteiger partial charge in [0.1, 0.15) is 5.84 Å². The van der Waals surface area contributed by atoms with Gasteiger partial charge >= 0.3 is 0 Å². The van der Waals surface area contributed by atoms with Crippen molar-refractivity contribution in [1.82, 2.24) is 0 Å². The van der Waals surface area contributed by atoms with Gasteiger partial charge in [0.25, 0.3) is 0 Å². The molecule has 0 amide bonds. The molecule has 0 radical (unpaired) electrons. The lowest BCUT2D eigenvalue weighted by molar-refractivity contribution is 0.752. The highest BCUT2D eigenvalue weighted by Crippen LogP contribution is 2.34. The Morgan fingerprint density at radius 2 is 2.10 bits per heavy atom. The van der Waals surface area contributed by atoms with Gasteiger partial charge in [0.15, 0.2) is 0 Å². The van der Waals surface area contributed by atoms with E-state index < -0.39 is 0 Å². The molecule has 0 bridgehead atoms. The fourth-order valence-electron chi connectivity index (χ4n) is 2.18. The van der Waals surface area contributed by atoms with Crippen molar-refractivity contribution in [1.29, 1.82) is 5.41 Å². The molecule has 5 heteroatoms. The van der Waals surface area contributed by atoms with Gasteiger partial charge in [-0.05, 0) is 36.8 Å². The number of nitrogens with one attached hydrogen (secondary N) is 1. The maximum absolute atomic E-state index is 7.87. The Bertz CT molecular complexity index is 593. The van der Waals surface area contributed by atoms with Crippen LogP contribution in [-0.2, 0) is 0 Å². The van der Waals surface area contributed by atoms with Crippen LogP contribution in [0.5, 0.6) is 0 Å². The molecule has 1 aromatic heterocycles. The summed E-state index contributed by atoms with van der Waals surface area (Å²) in [6.07, 6.45) is 2.01. The second kappa shape index (κ2) is 6.33. The Kier molecular flexibility index (Phi) is 4.73. The van der Waals surface area contributed by atoms with E-state index in [9.17, 15) is 0 Å². The molecule has 1 unspecified atom stereocenters. The standard InChI is InChI=1S/C15H19N3S2/c1-10(12-8-5-9-20-12)18(2)11-6-4-7-13(19-3)14(11)15(16)17/h4-10H,1-3H3,(H3,16,17). The van der Waals surface area contributed by atoms with E-state index in [1.807, 2.05) is 24.5 Å². The predicted octanol–water partition coefficient (Wildman–Crippen LogP) is 3.95. The minimum Gasteiger partial charge on any atom is -0.384 e. The summed E-state index contributed by atoms with van der Waals surface area (Å²) in [5, 5.41) is 9.96. The quantitative estimate of drug-likeness (QED) is 0.499. The van der Waals surface area contributed by atoms with Crippen molar-refractivity contribution in [3.63, 3.8) is 0 Å². The second-order valence-corrected chi connectivity index (χ2v) is 6.40. The summed E-state index contributed by atoms with van der Waals surface area (Å²) in [6, 6.07) is 10.5. The van der Waals surface area contributed by atoms with Crippen molar-refractivity contribution in [3.8, 4) is 0 Å². The van der Waals surface area contributed by atoms with E-state index in [2.05, 4.69) is 36.4 Å². The second-order valence-electron chi connectivity index (χ2n) is 4.57. The number of nitrogens with two attached hydrogens (primary N) is 1. The SMILES string of the molecule is CSc1cccc(N(C)C(C)c2cccs2)c1C(=N)N. The molecule has 3 N–H and O–H groups in total. The average molecular weight is 305 g/mol. The van der Waals surface area contributed by atoms with Gasteiger partial charge in [-0.25, -0.2) is 0 Å². The van der Waals surface area contributed by atoms with E-state index in [1.54, 1.807) is 23.1 Å². The van der Waals surface area contributed by atoms with Crippen LogP contribution in [0.15, 0.2) is 40.6 Å². The third-order valence-electron chi connectivity index (χ3n) is 3.41. The number of rotatable bonds is 5. The fourth-order valence-corrected chi connectivity index (χ4v) is 3.64. The number of nitrogen functional groups attached to an aromatic ring is 1. The highest BCUT2D eigenvalue weighted by molar-refractivity contribution is 7.98. The third kappa shape index (κ3) is 2.83. The van der Waals surface area contributed by atoms with Crippen molar-refractivity contribution < 1.29 is 0 Å². The zero-order valence-electron chi connectivity index (χ0n) is 11.9. The van der Waals surface area contributed by atoms with Crippen LogP contribution < -0.4 is 10.6 Å². The third-order valence-corrected chi connectivity index (χ3v) is 5.23. The number of amidine groups is 1. The maximum atomic E-state index is 7.87. The van der Waals surface area contributed by atoms with Crippen LogP contribution >= 0.6 is 23.1 Å². The minimum atomic E-state index is 0.121. The molecule has 0 aliphatic carbocycles. The van der Waals surface area contributed by atoms with E-state index in [1.165, 1.54) is 4.88 Å². The summed E-state index contributed by atoms with van der Waals surface area (Å²) < 4.78 is 0. The number of hydrogen-bond donors (Lipinski definition) is 2. The highest BCUT2D eigenvalue weighted by Gasteiger charge is 2.19. The highest BCUT2D eigenvalue weighted by atomic mass is 32.2. The predicted molar refractivity (Wildman–Crippen MR) is 90.4 cm³/mol. The minimum absolute atomic E-state index is 0.121. The van der Waals surface area contributed by atoms with Gasteiger partial charge in [-0.2, -0.15) is 0 Å². The Labute approximate surface area is 128 Å². The number of hydrogen-bond acceptors (Lipinski definition) is 4. The molecular formula is C15H19N3S2. The fraction of sp³-hybridized carbons (Fsp3) is 0.267. The monoisotopic (exact) mass is 305 g/mol. The molecule has 3 nitrogen and oxygen atoms in total. The zero-order chi connectivity index (χ0) is 14.7. The molecule has 2 rings (SSSR count). The molecule has 20 heavy (non-hydrogen) atoms. The molecule has 2 aromatic rings. The van der Waals surface area contributed by atoms with Crippen LogP contribution in [0.2, 0.25) is 0 Å². The van der Waals surface area contributed by atoms with Gasteiger partial charge in [0, 0.05) is 22.5 Å². The molecule has 0 fully saturated rings. The first-order valence-corrected chi connectivity index (χ1v) is 8.44. The number of thioether (sulfide) groups is 1. The molecule has 1 atom stereocenters. The molecular weight excluding hydrogens is 286 g/mol. The number of anilines is 1. The molecule has 1 aromatic carbocycles. The molecule has 0 saturated carbocycles. The van der Waals surface area contributed by atoms with Crippen LogP contribution in [0.25, 0.3) is 0 Å². The summed E-state index contributed by atoms with van der Waals surface area (Å²) >= 11 is 3.37. The first-order chi connectivity index (χ1) is 9.56. The van der Waals surface area contributed by atoms with E-state index in [0.29, 0.717) is 0 Å². The summed E-state index contributed by atoms with van der Waals surface area (Å²) in [5.74, 6) is 0.121. The van der Waals surface area contributed by atoms with E-state index >= 15 is 0 Å². The van der Waals surface area contributed by atoms with Gasteiger partial charge in [-0.3, -0.25) is 5.41 Å². The van der Waals surface area contributed by atoms with Crippen LogP contribution in [0.3, 0.4) is 0 Å². The smallest absolute Gasteiger partial charge is 0.126 e. The molecule has 0 aliphatic heterocycles. The van der Waals surface area contributed by atoms with Crippen molar-refractivity contribution in [3.05, 3.63) is 46.2 Å². The topological polar surface area (TPSA) is 53.1 Å². The Hall–Kier alpha value is -1.46. The molecule has 0 spiro atoms. The summed E-state index contributed by atoms with van der Waals surface area (Å²) in [4.78, 5) is 4.53. The molecule has 106 valence electrons. The number of thiophene rings is 1. The maximum Gasteiger partial charge on any atom is 0.126 e. The van der Waals surface area contributed by atoms with E-state index in [-0.39, 0.29) is 11.9 Å². The van der Waals surface area contributed by atoms with Crippen molar-refractivity contribution in [2.24, 2.45) is 5.73 Å². The van der Waals surface area contributed by atoms with Gasteiger partial charge in [-0.1, -0.05) is 12.1 Å². The molecule has 0 saturated heterocycles. The van der Waals surface area contributed by atoms with Crippen LogP contribution in [0, 0.1) is 5.41 Å². The number of benzene rings is 1. The summed E-state index contributed by atoms with van der Waals surface area (Å²) in [6.45, 7) is 2.17. The Morgan fingerprint density at radius 1 is 1.35 bits per heavy atom. The normalized spacial score (nSPS) is 12.2. The lowest BCUT2D eigenvalue weighted by atomic mass is 10.1. The van der Waals surface area contributed by atoms with Crippen LogP contribution in [0.1, 0.15) is 23.4 Å². The summed E-state index contributed by atoms with van der Waals surface area (Å²) in [7, 11) is 2.05. The summed E-state index contributed by atoms with van der Waals surface area (Å²) in [5.41, 5.74) is 7.62. The van der Waals surface area contributed by atoms with Crippen molar-refractivity contribution in [2.75, 3.05) is 18.2 Å². The zero-order valence-corrected chi connectivity index (χ0v) is 13.5. The van der Waals surface area contributed by atoms with Gasteiger partial charge < -0.3 is 10.6 Å².